The van der Waals surface area contributed by atoms with Crippen molar-refractivity contribution in [2.75, 3.05) is 31.2 Å². The highest BCUT2D eigenvalue weighted by Crippen LogP contribution is 2.29. The first-order valence-corrected chi connectivity index (χ1v) is 6.69. The fourth-order valence-corrected chi connectivity index (χ4v) is 2.75. The predicted octanol–water partition coefficient (Wildman–Crippen LogP) is 1.53. The van der Waals surface area contributed by atoms with Gasteiger partial charge in [0.25, 0.3) is 5.91 Å². The largest absolute Gasteiger partial charge is 0.399 e. The fraction of sp³-hybridized carbons (Fsp3) is 0.462. The van der Waals surface area contributed by atoms with Gasteiger partial charge in [-0.1, -0.05) is 11.6 Å². The second-order valence-electron chi connectivity index (χ2n) is 4.95. The third-order valence-corrected chi connectivity index (χ3v) is 3.86. The van der Waals surface area contributed by atoms with E-state index >= 15 is 0 Å². The average Bonchev–Trinajstić information content (AvgIpc) is 2.73. The lowest BCUT2D eigenvalue weighted by atomic mass is 10.1. The second-order valence-corrected chi connectivity index (χ2v) is 5.35. The van der Waals surface area contributed by atoms with Crippen LogP contribution < -0.4 is 16.8 Å². The van der Waals surface area contributed by atoms with Gasteiger partial charge in [-0.05, 0) is 38.6 Å². The SMILES string of the molecule is CN1CCCC1CNc1c(Cl)cc(N)cc1C(N)=O. The smallest absolute Gasteiger partial charge is 0.250 e. The van der Waals surface area contributed by atoms with Crippen LogP contribution in [0, 0.1) is 0 Å². The van der Waals surface area contributed by atoms with E-state index in [1.165, 1.54) is 6.42 Å². The van der Waals surface area contributed by atoms with E-state index in [0.29, 0.717) is 28.0 Å². The number of primary amides is 1. The van der Waals surface area contributed by atoms with Crippen LogP contribution in [0.1, 0.15) is 23.2 Å². The van der Waals surface area contributed by atoms with Gasteiger partial charge in [0.2, 0.25) is 0 Å². The molecule has 1 amide bonds. The minimum Gasteiger partial charge on any atom is -0.399 e. The van der Waals surface area contributed by atoms with E-state index in [1.54, 1.807) is 12.1 Å². The van der Waals surface area contributed by atoms with Gasteiger partial charge < -0.3 is 21.7 Å². The first-order chi connectivity index (χ1) is 8.99. The molecule has 0 spiro atoms. The topological polar surface area (TPSA) is 84.4 Å². The number of benzene rings is 1. The Hall–Kier alpha value is -1.46. The zero-order valence-electron chi connectivity index (χ0n) is 10.9. The van der Waals surface area contributed by atoms with Gasteiger partial charge in [0.1, 0.15) is 0 Å². The van der Waals surface area contributed by atoms with Crippen LogP contribution in [0.3, 0.4) is 0 Å². The van der Waals surface area contributed by atoms with E-state index in [0.717, 1.165) is 19.5 Å². The van der Waals surface area contributed by atoms with E-state index in [4.69, 9.17) is 23.1 Å². The van der Waals surface area contributed by atoms with Crippen molar-refractivity contribution in [3.05, 3.63) is 22.7 Å². The van der Waals surface area contributed by atoms with Crippen LogP contribution in [0.25, 0.3) is 0 Å². The lowest BCUT2D eigenvalue weighted by Crippen LogP contribution is -2.32. The highest BCUT2D eigenvalue weighted by Gasteiger charge is 2.21. The molecule has 1 aromatic rings. The summed E-state index contributed by atoms with van der Waals surface area (Å²) >= 11 is 6.14. The van der Waals surface area contributed by atoms with Gasteiger partial charge in [-0.15, -0.1) is 0 Å². The van der Waals surface area contributed by atoms with E-state index in [1.807, 2.05) is 0 Å². The Morgan fingerprint density at radius 3 is 2.89 bits per heavy atom. The second kappa shape index (κ2) is 5.67. The molecule has 104 valence electrons. The summed E-state index contributed by atoms with van der Waals surface area (Å²) in [5, 5.41) is 3.66. The molecule has 1 saturated heterocycles. The van der Waals surface area contributed by atoms with Gasteiger partial charge in [0.05, 0.1) is 16.3 Å². The van der Waals surface area contributed by atoms with Gasteiger partial charge in [0.15, 0.2) is 0 Å². The molecule has 5 N–H and O–H groups in total. The maximum Gasteiger partial charge on any atom is 0.250 e. The number of rotatable bonds is 4. The molecule has 0 aliphatic carbocycles. The van der Waals surface area contributed by atoms with Gasteiger partial charge in [0, 0.05) is 18.3 Å². The summed E-state index contributed by atoms with van der Waals surface area (Å²) in [5.41, 5.74) is 12.4. The first kappa shape index (κ1) is 14.0. The third-order valence-electron chi connectivity index (χ3n) is 3.56. The zero-order valence-corrected chi connectivity index (χ0v) is 11.7. The summed E-state index contributed by atoms with van der Waals surface area (Å²) in [6.45, 7) is 1.84. The maximum absolute atomic E-state index is 11.4. The molecule has 0 aromatic heterocycles. The molecular formula is C13H19ClN4O. The van der Waals surface area contributed by atoms with Crippen LogP contribution in [-0.2, 0) is 0 Å². The Balaban J connectivity index is 2.17. The van der Waals surface area contributed by atoms with E-state index < -0.39 is 5.91 Å². The Morgan fingerprint density at radius 2 is 2.32 bits per heavy atom. The number of nitrogens with two attached hydrogens (primary N) is 2. The van der Waals surface area contributed by atoms with Crippen molar-refractivity contribution in [1.29, 1.82) is 0 Å². The molecule has 0 saturated carbocycles. The third kappa shape index (κ3) is 3.11. The zero-order chi connectivity index (χ0) is 14.0. The molecule has 0 bridgehead atoms. The van der Waals surface area contributed by atoms with Gasteiger partial charge >= 0.3 is 0 Å². The standard InChI is InChI=1S/C13H19ClN4O/c1-18-4-2-3-9(18)7-17-12-10(13(16)19)5-8(15)6-11(12)14/h5-6,9,17H,2-4,7,15H2,1H3,(H2,16,19). The Bertz CT molecular complexity index is 492. The molecule has 1 fully saturated rings. The number of nitrogen functional groups attached to an aromatic ring is 1. The maximum atomic E-state index is 11.4. The predicted molar refractivity (Wildman–Crippen MR) is 78.5 cm³/mol. The minimum atomic E-state index is -0.531. The molecule has 5 nitrogen and oxygen atoms in total. The Morgan fingerprint density at radius 1 is 1.58 bits per heavy atom. The van der Waals surface area contributed by atoms with Crippen molar-refractivity contribution >= 4 is 28.9 Å². The number of carbonyl (C=O) groups is 1. The van der Waals surface area contributed by atoms with Crippen LogP contribution in [0.4, 0.5) is 11.4 Å². The van der Waals surface area contributed by atoms with Crippen molar-refractivity contribution < 1.29 is 4.79 Å². The number of carbonyl (C=O) groups excluding carboxylic acids is 1. The Labute approximate surface area is 117 Å². The van der Waals surface area contributed by atoms with Crippen molar-refractivity contribution in [3.63, 3.8) is 0 Å². The summed E-state index contributed by atoms with van der Waals surface area (Å²) in [6, 6.07) is 3.62. The van der Waals surface area contributed by atoms with Crippen LogP contribution >= 0.6 is 11.6 Å². The molecular weight excluding hydrogens is 264 g/mol. The summed E-state index contributed by atoms with van der Waals surface area (Å²) in [5.74, 6) is -0.531. The van der Waals surface area contributed by atoms with Crippen molar-refractivity contribution in [2.24, 2.45) is 5.73 Å². The van der Waals surface area contributed by atoms with Crippen molar-refractivity contribution in [2.45, 2.75) is 18.9 Å². The summed E-state index contributed by atoms with van der Waals surface area (Å²) < 4.78 is 0. The average molecular weight is 283 g/mol. The number of nitrogens with zero attached hydrogens (tertiary/aromatic N) is 1. The lowest BCUT2D eigenvalue weighted by Gasteiger charge is -2.21. The molecule has 0 radical (unpaired) electrons. The lowest BCUT2D eigenvalue weighted by molar-refractivity contribution is 0.100. The van der Waals surface area contributed by atoms with Crippen molar-refractivity contribution in [1.82, 2.24) is 4.90 Å². The van der Waals surface area contributed by atoms with E-state index in [9.17, 15) is 4.79 Å². The number of likely N-dealkylation sites (N-methyl/N-ethyl adjacent to an activating group) is 1. The van der Waals surface area contributed by atoms with E-state index in [-0.39, 0.29) is 0 Å². The number of hydrogen-bond donors (Lipinski definition) is 3. The van der Waals surface area contributed by atoms with E-state index in [2.05, 4.69) is 17.3 Å². The fourth-order valence-electron chi connectivity index (χ4n) is 2.46. The number of anilines is 2. The normalized spacial score (nSPS) is 19.6. The molecule has 19 heavy (non-hydrogen) atoms. The highest BCUT2D eigenvalue weighted by molar-refractivity contribution is 6.34. The molecule has 6 heteroatoms. The van der Waals surface area contributed by atoms with Crippen LogP contribution in [0.15, 0.2) is 12.1 Å². The first-order valence-electron chi connectivity index (χ1n) is 6.32. The molecule has 1 unspecified atom stereocenters. The molecule has 2 rings (SSSR count). The summed E-state index contributed by atoms with van der Waals surface area (Å²) in [6.07, 6.45) is 2.34. The summed E-state index contributed by atoms with van der Waals surface area (Å²) in [7, 11) is 2.10. The minimum absolute atomic E-state index is 0.339. The van der Waals surface area contributed by atoms with Gasteiger partial charge in [-0.2, -0.15) is 0 Å². The number of amides is 1. The number of likely N-dealkylation sites (tertiary alicyclic amines) is 1. The Kier molecular flexibility index (Phi) is 4.17. The summed E-state index contributed by atoms with van der Waals surface area (Å²) in [4.78, 5) is 13.7. The highest BCUT2D eigenvalue weighted by atomic mass is 35.5. The van der Waals surface area contributed by atoms with Crippen LogP contribution in [-0.4, -0.2) is 37.0 Å². The molecule has 1 aliphatic heterocycles. The number of hydrogen-bond acceptors (Lipinski definition) is 4. The quantitative estimate of drug-likeness (QED) is 0.731. The molecule has 1 atom stereocenters. The van der Waals surface area contributed by atoms with Gasteiger partial charge in [-0.25, -0.2) is 0 Å². The molecule has 1 heterocycles. The van der Waals surface area contributed by atoms with Crippen LogP contribution in [0.5, 0.6) is 0 Å². The van der Waals surface area contributed by atoms with Crippen LogP contribution in [0.2, 0.25) is 5.02 Å². The molecule has 1 aliphatic rings. The number of halogens is 1. The molecule has 1 aromatic carbocycles. The monoisotopic (exact) mass is 282 g/mol. The van der Waals surface area contributed by atoms with Crippen molar-refractivity contribution in [3.8, 4) is 0 Å². The van der Waals surface area contributed by atoms with Gasteiger partial charge in [-0.3, -0.25) is 4.79 Å². The number of nitrogens with one attached hydrogen (secondary N) is 1.